The molecule has 3 aromatic rings. The van der Waals surface area contributed by atoms with Crippen molar-refractivity contribution < 1.29 is 4.74 Å². The summed E-state index contributed by atoms with van der Waals surface area (Å²) in [5.41, 5.74) is 2.53. The lowest BCUT2D eigenvalue weighted by atomic mass is 10.0. The first-order valence-corrected chi connectivity index (χ1v) is 12.7. The minimum atomic E-state index is -0.237. The van der Waals surface area contributed by atoms with E-state index in [0.29, 0.717) is 6.54 Å². The minimum Gasteiger partial charge on any atom is -0.379 e. The number of fused-ring (bicyclic) bond motifs is 1. The van der Waals surface area contributed by atoms with Crippen LogP contribution in [0.3, 0.4) is 0 Å². The maximum Gasteiger partial charge on any atom is 0.252 e. The summed E-state index contributed by atoms with van der Waals surface area (Å²) in [5.74, 6) is 0.856. The molecule has 1 aliphatic rings. The first kappa shape index (κ1) is 25.5. The van der Waals surface area contributed by atoms with Gasteiger partial charge in [0, 0.05) is 43.8 Å². The number of aryl methyl sites for hydroxylation is 1. The molecule has 0 amide bonds. The number of morpholine rings is 1. The van der Waals surface area contributed by atoms with Gasteiger partial charge in [-0.05, 0) is 68.1 Å². The second-order valence-corrected chi connectivity index (χ2v) is 10.6. The van der Waals surface area contributed by atoms with E-state index in [-0.39, 0.29) is 17.1 Å². The maximum atomic E-state index is 13.1. The summed E-state index contributed by atoms with van der Waals surface area (Å²) in [4.78, 5) is 21.0. The first-order chi connectivity index (χ1) is 16.8. The lowest BCUT2D eigenvalue weighted by Gasteiger charge is -2.35. The number of tetrazole rings is 1. The third-order valence-electron chi connectivity index (χ3n) is 6.69. The normalized spacial score (nSPS) is 16.3. The van der Waals surface area contributed by atoms with Crippen molar-refractivity contribution in [2.45, 2.75) is 65.6 Å². The molecule has 1 fully saturated rings. The Labute approximate surface area is 207 Å². The number of pyridine rings is 1. The number of ether oxygens (including phenoxy) is 1. The largest absolute Gasteiger partial charge is 0.379 e. The van der Waals surface area contributed by atoms with Crippen molar-refractivity contribution in [3.05, 3.63) is 51.6 Å². The fourth-order valence-corrected chi connectivity index (χ4v) is 4.78. The second kappa shape index (κ2) is 11.0. The van der Waals surface area contributed by atoms with Crippen LogP contribution in [0.15, 0.2) is 29.1 Å². The highest BCUT2D eigenvalue weighted by Crippen LogP contribution is 2.28. The number of nitrogens with one attached hydrogen (secondary N) is 1. The first-order valence-electron chi connectivity index (χ1n) is 12.7. The standard InChI is InChI=1S/C26H39N7O2/c1-6-7-23(24-28-29-30-33(24)26(3,4)5)32(11-10-31-12-14-35-15-13-31)18-21-17-20-16-19(2)8-9-22(20)27-25(21)34/h8-9,16-17,23H,6-7,10-15,18H2,1-5H3,(H,27,34)/t23-/m1/s1. The van der Waals surface area contributed by atoms with E-state index in [1.807, 2.05) is 22.9 Å². The number of hydrogen-bond acceptors (Lipinski definition) is 7. The maximum absolute atomic E-state index is 13.1. The van der Waals surface area contributed by atoms with Crippen molar-refractivity contribution >= 4 is 10.9 Å². The molecular formula is C26H39N7O2. The van der Waals surface area contributed by atoms with Gasteiger partial charge in [-0.15, -0.1) is 5.10 Å². The van der Waals surface area contributed by atoms with Crippen LogP contribution in [0.4, 0.5) is 0 Å². The molecule has 0 unspecified atom stereocenters. The molecule has 1 saturated heterocycles. The number of H-pyrrole nitrogens is 1. The van der Waals surface area contributed by atoms with Crippen LogP contribution in [0.1, 0.15) is 63.5 Å². The van der Waals surface area contributed by atoms with E-state index in [2.05, 4.69) is 71.0 Å². The molecule has 9 heteroatoms. The third kappa shape index (κ3) is 6.15. The van der Waals surface area contributed by atoms with E-state index < -0.39 is 0 Å². The summed E-state index contributed by atoms with van der Waals surface area (Å²) in [6, 6.07) is 8.16. The molecule has 0 aliphatic carbocycles. The van der Waals surface area contributed by atoms with E-state index in [1.165, 1.54) is 5.56 Å². The van der Waals surface area contributed by atoms with Crippen molar-refractivity contribution in [3.8, 4) is 0 Å². The average molecular weight is 482 g/mol. The fraction of sp³-hybridized carbons (Fsp3) is 0.615. The van der Waals surface area contributed by atoms with Gasteiger partial charge in [0.15, 0.2) is 5.82 Å². The molecule has 2 aromatic heterocycles. The highest BCUT2D eigenvalue weighted by atomic mass is 16.5. The Morgan fingerprint density at radius 2 is 1.97 bits per heavy atom. The fourth-order valence-electron chi connectivity index (χ4n) is 4.78. The van der Waals surface area contributed by atoms with E-state index in [9.17, 15) is 4.79 Å². The van der Waals surface area contributed by atoms with Gasteiger partial charge in [-0.25, -0.2) is 4.68 Å². The molecular weight excluding hydrogens is 442 g/mol. The Morgan fingerprint density at radius 3 is 2.69 bits per heavy atom. The zero-order valence-electron chi connectivity index (χ0n) is 21.8. The predicted octanol–water partition coefficient (Wildman–Crippen LogP) is 3.25. The zero-order chi connectivity index (χ0) is 25.0. The van der Waals surface area contributed by atoms with Crippen molar-refractivity contribution in [2.75, 3.05) is 39.4 Å². The van der Waals surface area contributed by atoms with Gasteiger partial charge in [0.1, 0.15) is 0 Å². The molecule has 1 aromatic carbocycles. The second-order valence-electron chi connectivity index (χ2n) is 10.6. The van der Waals surface area contributed by atoms with Gasteiger partial charge in [-0.1, -0.05) is 25.0 Å². The summed E-state index contributed by atoms with van der Waals surface area (Å²) >= 11 is 0. The van der Waals surface area contributed by atoms with E-state index in [0.717, 1.165) is 74.5 Å². The molecule has 1 atom stereocenters. The van der Waals surface area contributed by atoms with Crippen LogP contribution >= 0.6 is 0 Å². The Morgan fingerprint density at radius 1 is 1.20 bits per heavy atom. The van der Waals surface area contributed by atoms with Gasteiger partial charge >= 0.3 is 0 Å². The van der Waals surface area contributed by atoms with Crippen LogP contribution < -0.4 is 5.56 Å². The monoisotopic (exact) mass is 481 g/mol. The average Bonchev–Trinajstić information content (AvgIpc) is 3.32. The molecule has 35 heavy (non-hydrogen) atoms. The number of benzene rings is 1. The quantitative estimate of drug-likeness (QED) is 0.501. The van der Waals surface area contributed by atoms with Crippen molar-refractivity contribution in [3.63, 3.8) is 0 Å². The molecule has 0 saturated carbocycles. The lowest BCUT2D eigenvalue weighted by molar-refractivity contribution is 0.0287. The number of hydrogen-bond donors (Lipinski definition) is 1. The van der Waals surface area contributed by atoms with Crippen LogP contribution in [0.5, 0.6) is 0 Å². The van der Waals surface area contributed by atoms with E-state index in [1.54, 1.807) is 0 Å². The van der Waals surface area contributed by atoms with Crippen LogP contribution in [0, 0.1) is 6.92 Å². The summed E-state index contributed by atoms with van der Waals surface area (Å²) in [5, 5.41) is 13.9. The summed E-state index contributed by atoms with van der Waals surface area (Å²) < 4.78 is 7.47. The third-order valence-corrected chi connectivity index (χ3v) is 6.69. The van der Waals surface area contributed by atoms with Gasteiger partial charge in [-0.2, -0.15) is 0 Å². The predicted molar refractivity (Wildman–Crippen MR) is 137 cm³/mol. The number of rotatable bonds is 9. The van der Waals surface area contributed by atoms with Crippen LogP contribution in [0.2, 0.25) is 0 Å². The van der Waals surface area contributed by atoms with Gasteiger partial charge in [0.2, 0.25) is 0 Å². The van der Waals surface area contributed by atoms with E-state index >= 15 is 0 Å². The van der Waals surface area contributed by atoms with Gasteiger partial charge in [0.05, 0.1) is 24.8 Å². The summed E-state index contributed by atoms with van der Waals surface area (Å²) in [7, 11) is 0. The van der Waals surface area contributed by atoms with Crippen molar-refractivity contribution in [2.24, 2.45) is 0 Å². The van der Waals surface area contributed by atoms with Gasteiger partial charge < -0.3 is 9.72 Å². The molecule has 9 nitrogen and oxygen atoms in total. The molecule has 190 valence electrons. The van der Waals surface area contributed by atoms with Gasteiger partial charge in [0.25, 0.3) is 5.56 Å². The molecule has 3 heterocycles. The van der Waals surface area contributed by atoms with Gasteiger partial charge in [-0.3, -0.25) is 14.6 Å². The highest BCUT2D eigenvalue weighted by molar-refractivity contribution is 5.79. The molecule has 0 radical (unpaired) electrons. The van der Waals surface area contributed by atoms with Crippen LogP contribution in [-0.4, -0.2) is 74.4 Å². The molecule has 1 aliphatic heterocycles. The smallest absolute Gasteiger partial charge is 0.252 e. The SMILES string of the molecule is CCC[C@H](c1nnnn1C(C)(C)C)N(CCN1CCOCC1)Cc1cc2cc(C)ccc2[nH]c1=O. The molecule has 1 N–H and O–H groups in total. The van der Waals surface area contributed by atoms with Crippen LogP contribution in [-0.2, 0) is 16.8 Å². The van der Waals surface area contributed by atoms with Crippen molar-refractivity contribution in [1.29, 1.82) is 0 Å². The summed E-state index contributed by atoms with van der Waals surface area (Å²) in [6.45, 7) is 16.3. The minimum absolute atomic E-state index is 0.00266. The Hall–Kier alpha value is -2.62. The number of aromatic nitrogens is 5. The van der Waals surface area contributed by atoms with Crippen LogP contribution in [0.25, 0.3) is 10.9 Å². The number of nitrogens with zero attached hydrogens (tertiary/aromatic N) is 6. The number of aromatic amines is 1. The zero-order valence-corrected chi connectivity index (χ0v) is 21.8. The Balaban J connectivity index is 1.69. The Kier molecular flexibility index (Phi) is 7.98. The Bertz CT molecular complexity index is 1170. The molecule has 0 bridgehead atoms. The lowest BCUT2D eigenvalue weighted by Crippen LogP contribution is -2.43. The highest BCUT2D eigenvalue weighted by Gasteiger charge is 2.30. The molecule has 0 spiro atoms. The molecule has 4 rings (SSSR count). The summed E-state index contributed by atoms with van der Waals surface area (Å²) in [6.07, 6.45) is 1.90. The van der Waals surface area contributed by atoms with Crippen molar-refractivity contribution in [1.82, 2.24) is 35.0 Å². The topological polar surface area (TPSA) is 92.2 Å². The van der Waals surface area contributed by atoms with E-state index in [4.69, 9.17) is 4.74 Å².